The molecule has 0 spiro atoms. The fourth-order valence-corrected chi connectivity index (χ4v) is 1.67. The van der Waals surface area contributed by atoms with E-state index in [9.17, 15) is 22.4 Å². The van der Waals surface area contributed by atoms with Crippen molar-refractivity contribution >= 4 is 5.91 Å². The Balaban J connectivity index is 2.40. The number of nitrogens with zero attached hydrogens (tertiary/aromatic N) is 1. The molecule has 0 aliphatic carbocycles. The highest BCUT2D eigenvalue weighted by Gasteiger charge is 2.41. The van der Waals surface area contributed by atoms with Crippen molar-refractivity contribution in [3.63, 3.8) is 0 Å². The van der Waals surface area contributed by atoms with Gasteiger partial charge in [0.25, 0.3) is 0 Å². The Labute approximate surface area is 103 Å². The molecule has 1 amide bonds. The Bertz CT molecular complexity index is 282. The van der Waals surface area contributed by atoms with Gasteiger partial charge in [-0.05, 0) is 6.92 Å². The summed E-state index contributed by atoms with van der Waals surface area (Å²) in [5, 5.41) is 4.96. The van der Waals surface area contributed by atoms with E-state index in [1.165, 1.54) is 0 Å². The van der Waals surface area contributed by atoms with Gasteiger partial charge in [-0.2, -0.15) is 8.78 Å². The van der Waals surface area contributed by atoms with E-state index in [0.29, 0.717) is 26.2 Å². The molecule has 1 rings (SSSR count). The molecule has 1 aliphatic heterocycles. The van der Waals surface area contributed by atoms with Crippen LogP contribution in [0.1, 0.15) is 6.92 Å². The maximum absolute atomic E-state index is 12.6. The second-order valence-corrected chi connectivity index (χ2v) is 4.24. The Morgan fingerprint density at radius 3 is 2.44 bits per heavy atom. The summed E-state index contributed by atoms with van der Waals surface area (Å²) in [6.07, 6.45) is -3.77. The summed E-state index contributed by atoms with van der Waals surface area (Å²) < 4.78 is 49.0. The van der Waals surface area contributed by atoms with Gasteiger partial charge in [-0.25, -0.2) is 8.78 Å². The Morgan fingerprint density at radius 1 is 1.39 bits per heavy atom. The second kappa shape index (κ2) is 6.33. The fourth-order valence-electron chi connectivity index (χ4n) is 1.67. The maximum atomic E-state index is 12.6. The smallest absolute Gasteiger partial charge is 0.324 e. The zero-order valence-electron chi connectivity index (χ0n) is 10.1. The molecule has 1 heterocycles. The van der Waals surface area contributed by atoms with Gasteiger partial charge in [0.05, 0.1) is 12.6 Å². The molecule has 1 aliphatic rings. The zero-order valence-corrected chi connectivity index (χ0v) is 10.1. The number of halogens is 4. The monoisotopic (exact) mass is 271 g/mol. The number of rotatable bonds is 5. The Hall–Kier alpha value is -0.890. The molecule has 0 aromatic rings. The number of carbonyl (C=O) groups is 1. The molecule has 0 aromatic heterocycles. The van der Waals surface area contributed by atoms with Crippen LogP contribution in [0.3, 0.4) is 0 Å². The first-order valence-electron chi connectivity index (χ1n) is 5.73. The standard InChI is InChI=1S/C10H17F4N3O/c1-7(17-4-2-15-3-5-17)8(18)16-6-10(13,14)9(11)12/h7,9,15H,2-6H2,1H3,(H,16,18). The molecule has 4 nitrogen and oxygen atoms in total. The minimum Gasteiger partial charge on any atom is -0.348 e. The van der Waals surface area contributed by atoms with Gasteiger partial charge in [-0.15, -0.1) is 0 Å². The third kappa shape index (κ3) is 4.09. The molecule has 8 heteroatoms. The van der Waals surface area contributed by atoms with E-state index in [0.717, 1.165) is 0 Å². The van der Waals surface area contributed by atoms with Crippen LogP contribution in [0.5, 0.6) is 0 Å². The van der Waals surface area contributed by atoms with Crippen LogP contribution in [-0.4, -0.2) is 61.9 Å². The molecule has 0 bridgehead atoms. The molecule has 18 heavy (non-hydrogen) atoms. The van der Waals surface area contributed by atoms with Gasteiger partial charge in [0.15, 0.2) is 0 Å². The zero-order chi connectivity index (χ0) is 13.8. The van der Waals surface area contributed by atoms with Crippen molar-refractivity contribution in [2.75, 3.05) is 32.7 Å². The van der Waals surface area contributed by atoms with Crippen molar-refractivity contribution < 1.29 is 22.4 Å². The van der Waals surface area contributed by atoms with Gasteiger partial charge in [0.1, 0.15) is 0 Å². The highest BCUT2D eigenvalue weighted by molar-refractivity contribution is 5.81. The first-order valence-corrected chi connectivity index (χ1v) is 5.73. The van der Waals surface area contributed by atoms with Crippen LogP contribution in [-0.2, 0) is 4.79 Å². The summed E-state index contributed by atoms with van der Waals surface area (Å²) in [6.45, 7) is 2.91. The highest BCUT2D eigenvalue weighted by atomic mass is 19.3. The van der Waals surface area contributed by atoms with Crippen LogP contribution in [0.25, 0.3) is 0 Å². The number of nitrogens with one attached hydrogen (secondary N) is 2. The van der Waals surface area contributed by atoms with E-state index in [1.807, 2.05) is 10.2 Å². The number of piperazine rings is 1. The lowest BCUT2D eigenvalue weighted by atomic mass is 10.2. The molecule has 1 atom stereocenters. The predicted molar refractivity (Wildman–Crippen MR) is 57.9 cm³/mol. The maximum Gasteiger partial charge on any atom is 0.324 e. The average molecular weight is 271 g/mol. The second-order valence-electron chi connectivity index (χ2n) is 4.24. The average Bonchev–Trinajstić information content (AvgIpc) is 2.36. The first-order chi connectivity index (χ1) is 8.34. The van der Waals surface area contributed by atoms with Crippen molar-refractivity contribution in [2.24, 2.45) is 0 Å². The SMILES string of the molecule is CC(C(=O)NCC(F)(F)C(F)F)N1CCNCC1. The van der Waals surface area contributed by atoms with E-state index in [-0.39, 0.29) is 0 Å². The number of amides is 1. The van der Waals surface area contributed by atoms with Crippen LogP contribution in [0.15, 0.2) is 0 Å². The Kier molecular flexibility index (Phi) is 5.33. The number of carbonyl (C=O) groups excluding carboxylic acids is 1. The molecule has 106 valence electrons. The molecule has 1 fully saturated rings. The van der Waals surface area contributed by atoms with E-state index >= 15 is 0 Å². The van der Waals surface area contributed by atoms with Crippen LogP contribution < -0.4 is 10.6 Å². The van der Waals surface area contributed by atoms with E-state index in [4.69, 9.17) is 0 Å². The molecule has 2 N–H and O–H groups in total. The minimum absolute atomic E-state index is 0.597. The summed E-state index contributed by atoms with van der Waals surface area (Å²) in [4.78, 5) is 13.4. The van der Waals surface area contributed by atoms with Crippen molar-refractivity contribution in [1.29, 1.82) is 0 Å². The van der Waals surface area contributed by atoms with Gasteiger partial charge in [0.2, 0.25) is 5.91 Å². The fraction of sp³-hybridized carbons (Fsp3) is 0.900. The largest absolute Gasteiger partial charge is 0.348 e. The molecule has 0 radical (unpaired) electrons. The molecular weight excluding hydrogens is 254 g/mol. The molecule has 0 aromatic carbocycles. The number of alkyl halides is 4. The normalized spacial score (nSPS) is 19.9. The van der Waals surface area contributed by atoms with Crippen molar-refractivity contribution in [2.45, 2.75) is 25.3 Å². The van der Waals surface area contributed by atoms with Gasteiger partial charge < -0.3 is 10.6 Å². The van der Waals surface area contributed by atoms with E-state index < -0.39 is 30.8 Å². The summed E-state index contributed by atoms with van der Waals surface area (Å²) in [5.41, 5.74) is 0. The summed E-state index contributed by atoms with van der Waals surface area (Å²) in [5.74, 6) is -4.84. The lowest BCUT2D eigenvalue weighted by molar-refractivity contribution is -0.139. The third-order valence-electron chi connectivity index (χ3n) is 2.90. The molecule has 0 saturated carbocycles. The van der Waals surface area contributed by atoms with Crippen molar-refractivity contribution in [1.82, 2.24) is 15.5 Å². The summed E-state index contributed by atoms with van der Waals surface area (Å²) >= 11 is 0. The lowest BCUT2D eigenvalue weighted by Gasteiger charge is -2.32. The van der Waals surface area contributed by atoms with Gasteiger partial charge in [-0.3, -0.25) is 9.69 Å². The first kappa shape index (κ1) is 15.2. The predicted octanol–water partition coefficient (Wildman–Crippen LogP) is 0.297. The van der Waals surface area contributed by atoms with E-state index in [2.05, 4.69) is 5.32 Å². The summed E-state index contributed by atoms with van der Waals surface area (Å²) in [6, 6.07) is -0.597. The van der Waals surface area contributed by atoms with Crippen LogP contribution in [0.4, 0.5) is 17.6 Å². The van der Waals surface area contributed by atoms with Crippen LogP contribution in [0.2, 0.25) is 0 Å². The molecule has 1 unspecified atom stereocenters. The molecule has 1 saturated heterocycles. The van der Waals surface area contributed by atoms with Crippen molar-refractivity contribution in [3.8, 4) is 0 Å². The van der Waals surface area contributed by atoms with Crippen LogP contribution >= 0.6 is 0 Å². The third-order valence-corrected chi connectivity index (χ3v) is 2.90. The van der Waals surface area contributed by atoms with Crippen LogP contribution in [0, 0.1) is 0 Å². The quantitative estimate of drug-likeness (QED) is 0.707. The number of hydrogen-bond donors (Lipinski definition) is 2. The highest BCUT2D eigenvalue weighted by Crippen LogP contribution is 2.21. The molecular formula is C10H17F4N3O. The Morgan fingerprint density at radius 2 is 1.94 bits per heavy atom. The van der Waals surface area contributed by atoms with Gasteiger partial charge in [0, 0.05) is 26.2 Å². The minimum atomic E-state index is -4.18. The van der Waals surface area contributed by atoms with Gasteiger partial charge >= 0.3 is 12.3 Å². The topological polar surface area (TPSA) is 44.4 Å². The van der Waals surface area contributed by atoms with E-state index in [1.54, 1.807) is 6.92 Å². The number of hydrogen-bond acceptors (Lipinski definition) is 3. The summed E-state index contributed by atoms with van der Waals surface area (Å²) in [7, 11) is 0. The van der Waals surface area contributed by atoms with Crippen molar-refractivity contribution in [3.05, 3.63) is 0 Å². The lowest BCUT2D eigenvalue weighted by Crippen LogP contribution is -2.54. The van der Waals surface area contributed by atoms with Gasteiger partial charge in [-0.1, -0.05) is 0 Å².